The summed E-state index contributed by atoms with van der Waals surface area (Å²) in [5.74, 6) is 0. The van der Waals surface area contributed by atoms with Gasteiger partial charge in [-0.25, -0.2) is 0 Å². The van der Waals surface area contributed by atoms with Gasteiger partial charge in [-0.15, -0.1) is 0 Å². The summed E-state index contributed by atoms with van der Waals surface area (Å²) in [5, 5.41) is 0. The molecular weight excluding hydrogens is 252 g/mol. The summed E-state index contributed by atoms with van der Waals surface area (Å²) in [6, 6.07) is 8.28. The lowest BCUT2D eigenvalue weighted by Gasteiger charge is -2.22. The largest absolute Gasteiger partial charge is 0.374 e. The van der Waals surface area contributed by atoms with Crippen LogP contribution in [0.2, 0.25) is 0 Å². The highest BCUT2D eigenvalue weighted by atomic mass is 79.9. The molecule has 0 N–H and O–H groups in total. The molecule has 1 nitrogen and oxygen atoms in total. The van der Waals surface area contributed by atoms with E-state index < -0.39 is 0 Å². The molecule has 0 aliphatic heterocycles. The molecule has 1 saturated carbocycles. The Kier molecular flexibility index (Phi) is 4.21. The van der Waals surface area contributed by atoms with Crippen LogP contribution in [0.1, 0.15) is 37.7 Å². The second-order valence-electron chi connectivity index (χ2n) is 4.16. The Morgan fingerprint density at radius 2 is 1.87 bits per heavy atom. The molecule has 0 saturated heterocycles. The number of rotatable bonds is 3. The van der Waals surface area contributed by atoms with Gasteiger partial charge in [-0.2, -0.15) is 0 Å². The van der Waals surface area contributed by atoms with Crippen molar-refractivity contribution in [1.82, 2.24) is 0 Å². The second-order valence-corrected chi connectivity index (χ2v) is 5.02. The fourth-order valence-electron chi connectivity index (χ4n) is 2.05. The van der Waals surface area contributed by atoms with Crippen molar-refractivity contribution < 1.29 is 4.74 Å². The van der Waals surface area contributed by atoms with Crippen molar-refractivity contribution in [2.75, 3.05) is 0 Å². The lowest BCUT2D eigenvalue weighted by atomic mass is 9.98. The van der Waals surface area contributed by atoms with E-state index >= 15 is 0 Å². The van der Waals surface area contributed by atoms with Crippen molar-refractivity contribution in [3.05, 3.63) is 34.3 Å². The van der Waals surface area contributed by atoms with Crippen molar-refractivity contribution in [2.45, 2.75) is 44.8 Å². The molecule has 0 unspecified atom stereocenters. The quantitative estimate of drug-likeness (QED) is 0.795. The smallest absolute Gasteiger partial charge is 0.0731 e. The van der Waals surface area contributed by atoms with Crippen molar-refractivity contribution in [1.29, 1.82) is 0 Å². The second kappa shape index (κ2) is 5.66. The van der Waals surface area contributed by atoms with Crippen LogP contribution in [0.15, 0.2) is 28.7 Å². The van der Waals surface area contributed by atoms with Gasteiger partial charge in [0.05, 0.1) is 12.7 Å². The molecule has 0 aromatic heterocycles. The Balaban J connectivity index is 1.84. The third-order valence-electron chi connectivity index (χ3n) is 2.98. The van der Waals surface area contributed by atoms with E-state index in [2.05, 4.69) is 34.1 Å². The summed E-state index contributed by atoms with van der Waals surface area (Å²) in [5.41, 5.74) is 1.25. The minimum atomic E-state index is 0.492. The molecule has 2 rings (SSSR count). The first kappa shape index (κ1) is 11.2. The first-order chi connectivity index (χ1) is 7.36. The molecule has 1 aliphatic carbocycles. The normalized spacial score (nSPS) is 17.9. The van der Waals surface area contributed by atoms with Gasteiger partial charge in [0.2, 0.25) is 0 Å². The van der Waals surface area contributed by atoms with Gasteiger partial charge in [-0.1, -0.05) is 53.4 Å². The van der Waals surface area contributed by atoms with E-state index in [0.717, 1.165) is 11.1 Å². The molecule has 1 aliphatic rings. The first-order valence-corrected chi connectivity index (χ1v) is 6.50. The molecule has 1 aromatic carbocycles. The minimum absolute atomic E-state index is 0.492. The highest BCUT2D eigenvalue weighted by Crippen LogP contribution is 2.23. The zero-order valence-electron chi connectivity index (χ0n) is 8.92. The van der Waals surface area contributed by atoms with Gasteiger partial charge in [0, 0.05) is 4.47 Å². The van der Waals surface area contributed by atoms with Gasteiger partial charge in [-0.3, -0.25) is 0 Å². The summed E-state index contributed by atoms with van der Waals surface area (Å²) < 4.78 is 7.07. The van der Waals surface area contributed by atoms with Crippen LogP contribution in [0.3, 0.4) is 0 Å². The average Bonchev–Trinajstić information content (AvgIpc) is 2.29. The number of benzene rings is 1. The maximum Gasteiger partial charge on any atom is 0.0731 e. The zero-order valence-corrected chi connectivity index (χ0v) is 10.5. The van der Waals surface area contributed by atoms with Crippen molar-refractivity contribution >= 4 is 15.9 Å². The minimum Gasteiger partial charge on any atom is -0.374 e. The standard InChI is InChI=1S/C13H17BrO/c14-13-9-5-4-6-11(13)10-15-12-7-2-1-3-8-12/h4-6,9,12H,1-3,7-8,10H2. The summed E-state index contributed by atoms with van der Waals surface area (Å²) in [6.07, 6.45) is 7.02. The Bertz CT molecular complexity index is 305. The van der Waals surface area contributed by atoms with E-state index in [0.29, 0.717) is 6.10 Å². The molecule has 0 radical (unpaired) electrons. The van der Waals surface area contributed by atoms with Crippen LogP contribution in [0, 0.1) is 0 Å². The topological polar surface area (TPSA) is 9.23 Å². The lowest BCUT2D eigenvalue weighted by molar-refractivity contribution is 0.0166. The summed E-state index contributed by atoms with van der Waals surface area (Å²) >= 11 is 3.54. The highest BCUT2D eigenvalue weighted by molar-refractivity contribution is 9.10. The van der Waals surface area contributed by atoms with E-state index in [-0.39, 0.29) is 0 Å². The predicted molar refractivity (Wildman–Crippen MR) is 65.8 cm³/mol. The van der Waals surface area contributed by atoms with Gasteiger partial charge >= 0.3 is 0 Å². The third-order valence-corrected chi connectivity index (χ3v) is 3.76. The molecule has 1 aromatic rings. The first-order valence-electron chi connectivity index (χ1n) is 5.71. The molecule has 2 heteroatoms. The molecular formula is C13H17BrO. The van der Waals surface area contributed by atoms with Gasteiger partial charge in [-0.05, 0) is 24.5 Å². The molecule has 82 valence electrons. The Hall–Kier alpha value is -0.340. The molecule has 1 fully saturated rings. The monoisotopic (exact) mass is 268 g/mol. The molecule has 0 atom stereocenters. The zero-order chi connectivity index (χ0) is 10.5. The summed E-state index contributed by atoms with van der Waals surface area (Å²) in [7, 11) is 0. The predicted octanol–water partition coefficient (Wildman–Crippen LogP) is 4.30. The van der Waals surface area contributed by atoms with Crippen LogP contribution in [0.4, 0.5) is 0 Å². The number of hydrogen-bond acceptors (Lipinski definition) is 1. The van der Waals surface area contributed by atoms with Crippen LogP contribution < -0.4 is 0 Å². The van der Waals surface area contributed by atoms with Crippen molar-refractivity contribution in [3.8, 4) is 0 Å². The van der Waals surface area contributed by atoms with Crippen molar-refractivity contribution in [3.63, 3.8) is 0 Å². The molecule has 15 heavy (non-hydrogen) atoms. The average molecular weight is 269 g/mol. The molecule has 0 spiro atoms. The molecule has 0 bridgehead atoms. The van der Waals surface area contributed by atoms with Crippen LogP contribution >= 0.6 is 15.9 Å². The van der Waals surface area contributed by atoms with E-state index in [1.54, 1.807) is 0 Å². The molecule has 0 amide bonds. The summed E-state index contributed by atoms with van der Waals surface area (Å²) in [6.45, 7) is 0.742. The van der Waals surface area contributed by atoms with Crippen LogP contribution in [-0.4, -0.2) is 6.10 Å². The molecule has 0 heterocycles. The van der Waals surface area contributed by atoms with Crippen molar-refractivity contribution in [2.24, 2.45) is 0 Å². The van der Waals surface area contributed by atoms with Crippen LogP contribution in [0.25, 0.3) is 0 Å². The third kappa shape index (κ3) is 3.32. The van der Waals surface area contributed by atoms with E-state index in [1.807, 2.05) is 6.07 Å². The van der Waals surface area contributed by atoms with E-state index in [1.165, 1.54) is 37.7 Å². The maximum absolute atomic E-state index is 5.92. The van der Waals surface area contributed by atoms with Gasteiger partial charge in [0.1, 0.15) is 0 Å². The van der Waals surface area contributed by atoms with E-state index in [4.69, 9.17) is 4.74 Å². The number of halogens is 1. The van der Waals surface area contributed by atoms with Crippen LogP contribution in [0.5, 0.6) is 0 Å². The Morgan fingerprint density at radius 1 is 1.13 bits per heavy atom. The Labute approximate surface area is 100.0 Å². The highest BCUT2D eigenvalue weighted by Gasteiger charge is 2.13. The fraction of sp³-hybridized carbons (Fsp3) is 0.538. The van der Waals surface area contributed by atoms with Gasteiger partial charge in [0.15, 0.2) is 0 Å². The van der Waals surface area contributed by atoms with Gasteiger partial charge in [0.25, 0.3) is 0 Å². The SMILES string of the molecule is Brc1ccccc1COC1CCCCC1. The van der Waals surface area contributed by atoms with Crippen LogP contribution in [-0.2, 0) is 11.3 Å². The number of hydrogen-bond donors (Lipinski definition) is 0. The summed E-state index contributed by atoms with van der Waals surface area (Å²) in [4.78, 5) is 0. The van der Waals surface area contributed by atoms with E-state index in [9.17, 15) is 0 Å². The Morgan fingerprint density at radius 3 is 2.60 bits per heavy atom. The lowest BCUT2D eigenvalue weighted by Crippen LogP contribution is -2.16. The fourth-order valence-corrected chi connectivity index (χ4v) is 2.45. The van der Waals surface area contributed by atoms with Gasteiger partial charge < -0.3 is 4.74 Å². The number of ether oxygens (including phenoxy) is 1. The maximum atomic E-state index is 5.92.